The van der Waals surface area contributed by atoms with Crippen LogP contribution in [0.5, 0.6) is 5.75 Å². The Hall–Kier alpha value is -1.42. The van der Waals surface area contributed by atoms with Gasteiger partial charge in [0, 0.05) is 6.42 Å². The molecule has 4 nitrogen and oxygen atoms in total. The molecule has 2 rings (SSSR count). The molecule has 0 bridgehead atoms. The number of amides is 1. The summed E-state index contributed by atoms with van der Waals surface area (Å²) >= 11 is 0. The van der Waals surface area contributed by atoms with E-state index in [2.05, 4.69) is 5.32 Å². The van der Waals surface area contributed by atoms with Crippen molar-refractivity contribution in [3.8, 4) is 5.75 Å². The van der Waals surface area contributed by atoms with Gasteiger partial charge < -0.3 is 14.8 Å². The van der Waals surface area contributed by atoms with Gasteiger partial charge in [0.15, 0.2) is 0 Å². The minimum Gasteiger partial charge on any atom is -0.497 e. The summed E-state index contributed by atoms with van der Waals surface area (Å²) in [6.45, 7) is 0.475. The van der Waals surface area contributed by atoms with E-state index in [1.54, 1.807) is 7.11 Å². The van der Waals surface area contributed by atoms with Crippen LogP contribution in [0.2, 0.25) is 0 Å². The van der Waals surface area contributed by atoms with Gasteiger partial charge in [0.25, 0.3) is 0 Å². The van der Waals surface area contributed by atoms with E-state index in [1.165, 1.54) is 0 Å². The Morgan fingerprint density at radius 1 is 1.38 bits per heavy atom. The lowest BCUT2D eigenvalue weighted by atomic mass is 10.0. The number of ether oxygens (including phenoxy) is 2. The molecule has 0 aliphatic carbocycles. The lowest BCUT2D eigenvalue weighted by molar-refractivity contribution is 0.115. The molecule has 1 N–H and O–H groups in total. The van der Waals surface area contributed by atoms with E-state index < -0.39 is 0 Å². The molecule has 0 aromatic heterocycles. The molecular formula is C11H14ClNO3. The van der Waals surface area contributed by atoms with Gasteiger partial charge >= 0.3 is 6.09 Å². The zero-order valence-corrected chi connectivity index (χ0v) is 9.75. The second-order valence-electron chi connectivity index (χ2n) is 3.39. The van der Waals surface area contributed by atoms with Crippen LogP contribution in [0.25, 0.3) is 0 Å². The first kappa shape index (κ1) is 12.6. The van der Waals surface area contributed by atoms with Gasteiger partial charge in [0.2, 0.25) is 0 Å². The van der Waals surface area contributed by atoms with Crippen LogP contribution < -0.4 is 10.1 Å². The highest BCUT2D eigenvalue weighted by atomic mass is 35.5. The molecule has 0 unspecified atom stereocenters. The molecule has 1 saturated heterocycles. The monoisotopic (exact) mass is 243 g/mol. The van der Waals surface area contributed by atoms with E-state index in [1.807, 2.05) is 24.3 Å². The molecule has 1 aromatic carbocycles. The highest BCUT2D eigenvalue weighted by molar-refractivity contribution is 5.85. The molecule has 1 atom stereocenters. The fourth-order valence-electron chi connectivity index (χ4n) is 1.61. The molecule has 0 saturated carbocycles. The predicted octanol–water partition coefficient (Wildman–Crippen LogP) is 2.29. The van der Waals surface area contributed by atoms with Gasteiger partial charge in [-0.1, -0.05) is 12.1 Å². The molecule has 1 aliphatic rings. The highest BCUT2D eigenvalue weighted by Gasteiger charge is 2.20. The molecule has 0 radical (unpaired) electrons. The zero-order valence-electron chi connectivity index (χ0n) is 8.93. The molecule has 88 valence electrons. The number of rotatable bonds is 2. The first-order chi connectivity index (χ1) is 7.29. The van der Waals surface area contributed by atoms with E-state index in [4.69, 9.17) is 9.47 Å². The lowest BCUT2D eigenvalue weighted by Gasteiger charge is -2.23. The van der Waals surface area contributed by atoms with E-state index in [0.29, 0.717) is 6.61 Å². The number of carbonyl (C=O) groups excluding carboxylic acids is 1. The van der Waals surface area contributed by atoms with Crippen molar-refractivity contribution in [1.29, 1.82) is 0 Å². The zero-order chi connectivity index (χ0) is 10.7. The number of methoxy groups -OCH3 is 1. The van der Waals surface area contributed by atoms with Gasteiger partial charge in [-0.15, -0.1) is 12.4 Å². The molecule has 1 aliphatic heterocycles. The summed E-state index contributed by atoms with van der Waals surface area (Å²) in [6.07, 6.45) is 0.458. The van der Waals surface area contributed by atoms with Crippen LogP contribution >= 0.6 is 12.4 Å². The van der Waals surface area contributed by atoms with Crippen molar-refractivity contribution in [3.05, 3.63) is 29.8 Å². The summed E-state index contributed by atoms with van der Waals surface area (Å²) in [4.78, 5) is 11.0. The Morgan fingerprint density at radius 2 is 2.06 bits per heavy atom. The van der Waals surface area contributed by atoms with Crippen molar-refractivity contribution in [2.75, 3.05) is 13.7 Å². The number of halogens is 1. The largest absolute Gasteiger partial charge is 0.497 e. The second-order valence-corrected chi connectivity index (χ2v) is 3.39. The second kappa shape index (κ2) is 5.61. The topological polar surface area (TPSA) is 47.6 Å². The maximum Gasteiger partial charge on any atom is 0.407 e. The van der Waals surface area contributed by atoms with Gasteiger partial charge in [-0.3, -0.25) is 0 Å². The highest BCUT2D eigenvalue weighted by Crippen LogP contribution is 2.22. The minimum absolute atomic E-state index is 0. The Kier molecular flexibility index (Phi) is 4.43. The third-order valence-electron chi connectivity index (χ3n) is 2.45. The van der Waals surface area contributed by atoms with E-state index in [0.717, 1.165) is 17.7 Å². The normalized spacial score (nSPS) is 19.1. The molecule has 5 heteroatoms. The fourth-order valence-corrected chi connectivity index (χ4v) is 1.61. The van der Waals surface area contributed by atoms with Crippen LogP contribution in [0.4, 0.5) is 4.79 Å². The molecule has 0 spiro atoms. The van der Waals surface area contributed by atoms with Crippen LogP contribution in [-0.4, -0.2) is 19.8 Å². The van der Waals surface area contributed by atoms with Crippen LogP contribution in [0.3, 0.4) is 0 Å². The maximum absolute atomic E-state index is 11.0. The number of hydrogen-bond acceptors (Lipinski definition) is 3. The maximum atomic E-state index is 11.0. The smallest absolute Gasteiger partial charge is 0.407 e. The van der Waals surface area contributed by atoms with Gasteiger partial charge in [0.1, 0.15) is 5.75 Å². The summed E-state index contributed by atoms with van der Waals surface area (Å²) in [6, 6.07) is 7.73. The predicted molar refractivity (Wildman–Crippen MR) is 62.1 cm³/mol. The summed E-state index contributed by atoms with van der Waals surface area (Å²) in [5.41, 5.74) is 1.08. The molecular weight excluding hydrogens is 230 g/mol. The molecule has 16 heavy (non-hydrogen) atoms. The third kappa shape index (κ3) is 2.79. The number of alkyl carbamates (subject to hydrolysis) is 1. The van der Waals surface area contributed by atoms with Crippen LogP contribution in [-0.2, 0) is 4.74 Å². The molecule has 1 heterocycles. The van der Waals surface area contributed by atoms with Crippen molar-refractivity contribution >= 4 is 18.5 Å². The summed E-state index contributed by atoms with van der Waals surface area (Å²) < 4.78 is 9.87. The lowest BCUT2D eigenvalue weighted by Crippen LogP contribution is -2.35. The van der Waals surface area contributed by atoms with Crippen molar-refractivity contribution in [2.45, 2.75) is 12.5 Å². The first-order valence-electron chi connectivity index (χ1n) is 4.87. The number of hydrogen-bond donors (Lipinski definition) is 1. The minimum atomic E-state index is -0.345. The summed E-state index contributed by atoms with van der Waals surface area (Å²) in [7, 11) is 1.63. The molecule has 1 amide bonds. The Bertz CT molecular complexity index is 353. The molecule has 1 fully saturated rings. The van der Waals surface area contributed by atoms with Crippen molar-refractivity contribution < 1.29 is 14.3 Å². The van der Waals surface area contributed by atoms with Crippen molar-refractivity contribution in [1.82, 2.24) is 5.32 Å². The Balaban J connectivity index is 0.00000128. The average Bonchev–Trinajstić information content (AvgIpc) is 2.29. The Morgan fingerprint density at radius 3 is 2.62 bits per heavy atom. The summed E-state index contributed by atoms with van der Waals surface area (Å²) in [5.74, 6) is 0.817. The first-order valence-corrected chi connectivity index (χ1v) is 4.87. The quantitative estimate of drug-likeness (QED) is 0.867. The van der Waals surface area contributed by atoms with Crippen molar-refractivity contribution in [2.24, 2.45) is 0 Å². The number of nitrogens with one attached hydrogen (secondary N) is 1. The van der Waals surface area contributed by atoms with Crippen molar-refractivity contribution in [3.63, 3.8) is 0 Å². The van der Waals surface area contributed by atoms with Crippen LogP contribution in [0, 0.1) is 0 Å². The van der Waals surface area contributed by atoms with Gasteiger partial charge in [-0.05, 0) is 17.7 Å². The standard InChI is InChI=1S/C11H13NO3.ClH/c1-14-9-4-2-8(3-5-9)10-6-7-15-11(13)12-10;/h2-5,10H,6-7H2,1H3,(H,12,13);1H/t10-;/m1./s1. The van der Waals surface area contributed by atoms with E-state index in [-0.39, 0.29) is 24.5 Å². The van der Waals surface area contributed by atoms with Gasteiger partial charge in [-0.25, -0.2) is 4.79 Å². The molecule has 1 aromatic rings. The number of cyclic esters (lactones) is 1. The van der Waals surface area contributed by atoms with Gasteiger partial charge in [-0.2, -0.15) is 0 Å². The van der Waals surface area contributed by atoms with Gasteiger partial charge in [0.05, 0.1) is 19.8 Å². The average molecular weight is 244 g/mol. The summed E-state index contributed by atoms with van der Waals surface area (Å²) in [5, 5.41) is 2.77. The number of carbonyl (C=O) groups is 1. The van der Waals surface area contributed by atoms with Crippen LogP contribution in [0.1, 0.15) is 18.0 Å². The number of benzene rings is 1. The Labute approximate surface area is 100 Å². The SMILES string of the molecule is COc1ccc([C@H]2CCOC(=O)N2)cc1.Cl. The van der Waals surface area contributed by atoms with E-state index in [9.17, 15) is 4.79 Å². The third-order valence-corrected chi connectivity index (χ3v) is 2.45. The fraction of sp³-hybridized carbons (Fsp3) is 0.364. The van der Waals surface area contributed by atoms with Crippen LogP contribution in [0.15, 0.2) is 24.3 Å². The van der Waals surface area contributed by atoms with E-state index >= 15 is 0 Å².